The van der Waals surface area contributed by atoms with E-state index in [1.807, 2.05) is 6.92 Å². The second-order valence-corrected chi connectivity index (χ2v) is 3.46. The van der Waals surface area contributed by atoms with Crippen LogP contribution in [0.2, 0.25) is 5.02 Å². The molecule has 0 saturated heterocycles. The molecule has 1 fully saturated rings. The standard InChI is InChI=1S/C9H10ClNO/c1-6-4-11-5-8(9(6)10)12-7-2-3-7/h4-5,7H,2-3H2,1H3. The van der Waals surface area contributed by atoms with E-state index in [1.165, 1.54) is 0 Å². The van der Waals surface area contributed by atoms with E-state index in [9.17, 15) is 0 Å². The zero-order chi connectivity index (χ0) is 8.55. The Labute approximate surface area is 76.5 Å². The molecule has 3 heteroatoms. The summed E-state index contributed by atoms with van der Waals surface area (Å²) in [6.45, 7) is 1.93. The van der Waals surface area contributed by atoms with Gasteiger partial charge in [0.25, 0.3) is 0 Å². The van der Waals surface area contributed by atoms with Crippen molar-refractivity contribution in [1.82, 2.24) is 4.98 Å². The topological polar surface area (TPSA) is 22.1 Å². The van der Waals surface area contributed by atoms with E-state index in [2.05, 4.69) is 4.98 Å². The van der Waals surface area contributed by atoms with Crippen molar-refractivity contribution in [3.05, 3.63) is 23.0 Å². The lowest BCUT2D eigenvalue weighted by Gasteiger charge is -2.06. The van der Waals surface area contributed by atoms with Gasteiger partial charge in [0.1, 0.15) is 0 Å². The van der Waals surface area contributed by atoms with Gasteiger partial charge in [-0.2, -0.15) is 0 Å². The smallest absolute Gasteiger partial charge is 0.156 e. The van der Waals surface area contributed by atoms with Crippen LogP contribution in [0.3, 0.4) is 0 Å². The molecule has 2 nitrogen and oxygen atoms in total. The summed E-state index contributed by atoms with van der Waals surface area (Å²) < 4.78 is 5.54. The van der Waals surface area contributed by atoms with Gasteiger partial charge in [-0.05, 0) is 25.3 Å². The highest BCUT2D eigenvalue weighted by molar-refractivity contribution is 6.32. The fourth-order valence-corrected chi connectivity index (χ4v) is 1.11. The summed E-state index contributed by atoms with van der Waals surface area (Å²) in [6, 6.07) is 0. The van der Waals surface area contributed by atoms with Crippen molar-refractivity contribution in [1.29, 1.82) is 0 Å². The van der Waals surface area contributed by atoms with Gasteiger partial charge in [-0.15, -0.1) is 0 Å². The molecule has 0 spiro atoms. The maximum Gasteiger partial charge on any atom is 0.156 e. The summed E-state index contributed by atoms with van der Waals surface area (Å²) in [6.07, 6.45) is 6.08. The predicted octanol–water partition coefficient (Wildman–Crippen LogP) is 2.58. The summed E-state index contributed by atoms with van der Waals surface area (Å²) in [5.74, 6) is 0.721. The minimum absolute atomic E-state index is 0.381. The van der Waals surface area contributed by atoms with Crippen LogP contribution in [0.25, 0.3) is 0 Å². The zero-order valence-electron chi connectivity index (χ0n) is 6.88. The lowest BCUT2D eigenvalue weighted by atomic mass is 10.3. The van der Waals surface area contributed by atoms with Gasteiger partial charge in [0, 0.05) is 6.20 Å². The van der Waals surface area contributed by atoms with E-state index in [-0.39, 0.29) is 0 Å². The van der Waals surface area contributed by atoms with Gasteiger partial charge >= 0.3 is 0 Å². The Balaban J connectivity index is 2.23. The van der Waals surface area contributed by atoms with E-state index in [1.54, 1.807) is 12.4 Å². The number of aromatic nitrogens is 1. The first-order valence-corrected chi connectivity index (χ1v) is 4.42. The molecule has 0 bridgehead atoms. The first-order chi connectivity index (χ1) is 5.77. The van der Waals surface area contributed by atoms with Gasteiger partial charge in [-0.3, -0.25) is 4.98 Å². The van der Waals surface area contributed by atoms with Gasteiger partial charge in [-0.1, -0.05) is 11.6 Å². The number of ether oxygens (including phenoxy) is 1. The highest BCUT2D eigenvalue weighted by atomic mass is 35.5. The maximum atomic E-state index is 6.00. The summed E-state index contributed by atoms with van der Waals surface area (Å²) in [5.41, 5.74) is 0.967. The highest BCUT2D eigenvalue weighted by Gasteiger charge is 2.24. The largest absolute Gasteiger partial charge is 0.487 e. The lowest BCUT2D eigenvalue weighted by Crippen LogP contribution is -1.97. The van der Waals surface area contributed by atoms with Gasteiger partial charge in [0.2, 0.25) is 0 Å². The minimum atomic E-state index is 0.381. The SMILES string of the molecule is Cc1cncc(OC2CC2)c1Cl. The molecular weight excluding hydrogens is 174 g/mol. The third-order valence-corrected chi connectivity index (χ3v) is 2.32. The number of pyridine rings is 1. The molecule has 0 radical (unpaired) electrons. The summed E-state index contributed by atoms with van der Waals surface area (Å²) in [4.78, 5) is 4.02. The molecule has 1 aliphatic carbocycles. The molecule has 2 rings (SSSR count). The van der Waals surface area contributed by atoms with Crippen LogP contribution < -0.4 is 4.74 Å². The predicted molar refractivity (Wildman–Crippen MR) is 47.6 cm³/mol. The van der Waals surface area contributed by atoms with Crippen LogP contribution in [-0.2, 0) is 0 Å². The molecular formula is C9H10ClNO. The van der Waals surface area contributed by atoms with E-state index < -0.39 is 0 Å². The Morgan fingerprint density at radius 1 is 1.50 bits per heavy atom. The van der Waals surface area contributed by atoms with Crippen molar-refractivity contribution in [2.24, 2.45) is 0 Å². The molecule has 1 aromatic heterocycles. The zero-order valence-corrected chi connectivity index (χ0v) is 7.64. The lowest BCUT2D eigenvalue weighted by molar-refractivity contribution is 0.302. The molecule has 0 amide bonds. The monoisotopic (exact) mass is 183 g/mol. The quantitative estimate of drug-likeness (QED) is 0.703. The van der Waals surface area contributed by atoms with Gasteiger partial charge in [0.15, 0.2) is 5.75 Å². The van der Waals surface area contributed by atoms with Crippen molar-refractivity contribution in [2.75, 3.05) is 0 Å². The number of rotatable bonds is 2. The van der Waals surface area contributed by atoms with E-state index >= 15 is 0 Å². The second-order valence-electron chi connectivity index (χ2n) is 3.09. The van der Waals surface area contributed by atoms with E-state index in [0.29, 0.717) is 11.1 Å². The Bertz CT molecular complexity index is 297. The maximum absolute atomic E-state index is 6.00. The van der Waals surface area contributed by atoms with Crippen molar-refractivity contribution >= 4 is 11.6 Å². The van der Waals surface area contributed by atoms with Crippen molar-refractivity contribution in [3.63, 3.8) is 0 Å². The Hall–Kier alpha value is -0.760. The van der Waals surface area contributed by atoms with Gasteiger partial charge < -0.3 is 4.74 Å². The first-order valence-electron chi connectivity index (χ1n) is 4.04. The van der Waals surface area contributed by atoms with Crippen LogP contribution in [0.15, 0.2) is 12.4 Å². The number of hydrogen-bond donors (Lipinski definition) is 0. The molecule has 0 unspecified atom stereocenters. The normalized spacial score (nSPS) is 16.2. The molecule has 0 aromatic carbocycles. The number of hydrogen-bond acceptors (Lipinski definition) is 2. The molecule has 0 aliphatic heterocycles. The number of aryl methyl sites for hydroxylation is 1. The summed E-state index contributed by atoms with van der Waals surface area (Å²) in [7, 11) is 0. The van der Waals surface area contributed by atoms with Crippen LogP contribution >= 0.6 is 11.6 Å². The van der Waals surface area contributed by atoms with Crippen LogP contribution in [0.1, 0.15) is 18.4 Å². The Morgan fingerprint density at radius 2 is 2.25 bits per heavy atom. The van der Waals surface area contributed by atoms with Crippen molar-refractivity contribution in [3.8, 4) is 5.75 Å². The fraction of sp³-hybridized carbons (Fsp3) is 0.444. The average Bonchev–Trinajstić information content (AvgIpc) is 2.83. The molecule has 64 valence electrons. The average molecular weight is 184 g/mol. The number of nitrogens with zero attached hydrogens (tertiary/aromatic N) is 1. The van der Waals surface area contributed by atoms with Crippen LogP contribution in [0, 0.1) is 6.92 Å². The van der Waals surface area contributed by atoms with Crippen molar-refractivity contribution in [2.45, 2.75) is 25.9 Å². The van der Waals surface area contributed by atoms with Crippen molar-refractivity contribution < 1.29 is 4.74 Å². The molecule has 12 heavy (non-hydrogen) atoms. The Kier molecular flexibility index (Phi) is 1.93. The first kappa shape index (κ1) is 7.87. The van der Waals surface area contributed by atoms with Crippen LogP contribution in [0.4, 0.5) is 0 Å². The third kappa shape index (κ3) is 1.53. The second kappa shape index (κ2) is 2.94. The third-order valence-electron chi connectivity index (χ3n) is 1.84. The highest BCUT2D eigenvalue weighted by Crippen LogP contribution is 2.32. The molecule has 1 aromatic rings. The minimum Gasteiger partial charge on any atom is -0.487 e. The fourth-order valence-electron chi connectivity index (χ4n) is 0.972. The summed E-state index contributed by atoms with van der Waals surface area (Å²) in [5, 5.41) is 0.692. The Morgan fingerprint density at radius 3 is 2.92 bits per heavy atom. The van der Waals surface area contributed by atoms with E-state index in [4.69, 9.17) is 16.3 Å². The van der Waals surface area contributed by atoms with Crippen LogP contribution in [0.5, 0.6) is 5.75 Å². The molecule has 1 heterocycles. The van der Waals surface area contributed by atoms with Gasteiger partial charge in [0.05, 0.1) is 17.3 Å². The van der Waals surface area contributed by atoms with Crippen LogP contribution in [-0.4, -0.2) is 11.1 Å². The number of halogens is 1. The van der Waals surface area contributed by atoms with E-state index in [0.717, 1.165) is 24.2 Å². The summed E-state index contributed by atoms with van der Waals surface area (Å²) >= 11 is 6.00. The molecule has 0 atom stereocenters. The molecule has 1 saturated carbocycles. The van der Waals surface area contributed by atoms with Gasteiger partial charge in [-0.25, -0.2) is 0 Å². The molecule has 1 aliphatic rings. The molecule has 0 N–H and O–H groups in total.